The molecule has 1 rings (SSSR count). The average molecular weight is 371 g/mol. The summed E-state index contributed by atoms with van der Waals surface area (Å²) < 4.78 is 38.0. The molecule has 0 aliphatic heterocycles. The molecule has 0 aliphatic carbocycles. The minimum atomic E-state index is -4.35. The number of alkyl halides is 3. The van der Waals surface area contributed by atoms with Crippen LogP contribution in [0.1, 0.15) is 30.9 Å². The van der Waals surface area contributed by atoms with Gasteiger partial charge in [-0.3, -0.25) is 4.99 Å². The molecule has 1 aromatic carbocycles. The Bertz CT molecular complexity index is 604. The van der Waals surface area contributed by atoms with Gasteiger partial charge in [-0.15, -0.1) is 0 Å². The summed E-state index contributed by atoms with van der Waals surface area (Å²) in [5, 5.41) is 6.18. The van der Waals surface area contributed by atoms with Crippen molar-refractivity contribution >= 4 is 17.7 Å². The molecule has 3 nitrogen and oxygen atoms in total. The Kier molecular flexibility index (Phi) is 9.93. The number of aliphatic imine (C=N–C) groups is 1. The van der Waals surface area contributed by atoms with Gasteiger partial charge in [0.25, 0.3) is 0 Å². The van der Waals surface area contributed by atoms with Crippen molar-refractivity contribution in [1.82, 2.24) is 10.6 Å². The number of hydrogen-bond acceptors (Lipinski definition) is 2. The lowest BCUT2D eigenvalue weighted by atomic mass is 10.1. The van der Waals surface area contributed by atoms with Gasteiger partial charge in [0.1, 0.15) is 0 Å². The van der Waals surface area contributed by atoms with Crippen LogP contribution in [0.4, 0.5) is 13.2 Å². The molecule has 138 valence electrons. The maximum absolute atomic E-state index is 12.7. The lowest BCUT2D eigenvalue weighted by Crippen LogP contribution is -2.37. The van der Waals surface area contributed by atoms with E-state index in [-0.39, 0.29) is 0 Å². The zero-order chi connectivity index (χ0) is 18.5. The van der Waals surface area contributed by atoms with Crippen molar-refractivity contribution in [3.05, 3.63) is 35.4 Å². The fourth-order valence-corrected chi connectivity index (χ4v) is 2.43. The van der Waals surface area contributed by atoms with Crippen LogP contribution in [0, 0.1) is 11.8 Å². The van der Waals surface area contributed by atoms with Crippen LogP contribution in [0.3, 0.4) is 0 Å². The topological polar surface area (TPSA) is 36.4 Å². The minimum Gasteiger partial charge on any atom is -0.357 e. The highest BCUT2D eigenvalue weighted by atomic mass is 32.2. The lowest BCUT2D eigenvalue weighted by molar-refractivity contribution is -0.137. The van der Waals surface area contributed by atoms with Gasteiger partial charge in [-0.2, -0.15) is 24.9 Å². The molecule has 0 amide bonds. The summed E-state index contributed by atoms with van der Waals surface area (Å²) in [5.41, 5.74) is -0.344. The average Bonchev–Trinajstić information content (AvgIpc) is 2.58. The SMILES string of the molecule is CCNC(=NCCCCSC)NCC#Cc1cccc(C(F)(F)F)c1. The largest absolute Gasteiger partial charge is 0.416 e. The van der Waals surface area contributed by atoms with Crippen molar-refractivity contribution in [3.63, 3.8) is 0 Å². The van der Waals surface area contributed by atoms with E-state index in [4.69, 9.17) is 0 Å². The van der Waals surface area contributed by atoms with Crippen molar-refractivity contribution in [1.29, 1.82) is 0 Å². The van der Waals surface area contributed by atoms with Crippen LogP contribution in [-0.2, 0) is 6.18 Å². The lowest BCUT2D eigenvalue weighted by Gasteiger charge is -2.08. The summed E-state index contributed by atoms with van der Waals surface area (Å²) in [7, 11) is 0. The van der Waals surface area contributed by atoms with E-state index in [1.54, 1.807) is 6.07 Å². The van der Waals surface area contributed by atoms with Gasteiger partial charge in [0.15, 0.2) is 5.96 Å². The normalized spacial score (nSPS) is 11.6. The van der Waals surface area contributed by atoms with E-state index in [0.29, 0.717) is 18.1 Å². The maximum Gasteiger partial charge on any atom is 0.416 e. The van der Waals surface area contributed by atoms with E-state index in [1.807, 2.05) is 18.7 Å². The quantitative estimate of drug-likeness (QED) is 0.332. The molecular weight excluding hydrogens is 347 g/mol. The maximum atomic E-state index is 12.7. The Labute approximate surface area is 151 Å². The first-order chi connectivity index (χ1) is 12.0. The monoisotopic (exact) mass is 371 g/mol. The van der Waals surface area contributed by atoms with Gasteiger partial charge >= 0.3 is 6.18 Å². The van der Waals surface area contributed by atoms with Crippen molar-refractivity contribution in [2.24, 2.45) is 4.99 Å². The number of nitrogens with zero attached hydrogens (tertiary/aromatic N) is 1. The fourth-order valence-electron chi connectivity index (χ4n) is 1.94. The third kappa shape index (κ3) is 9.30. The molecule has 2 N–H and O–H groups in total. The predicted octanol–water partition coefficient (Wildman–Crippen LogP) is 3.76. The Balaban J connectivity index is 2.53. The van der Waals surface area contributed by atoms with Crippen LogP contribution in [-0.4, -0.2) is 37.6 Å². The Morgan fingerprint density at radius 1 is 1.24 bits per heavy atom. The minimum absolute atomic E-state index is 0.312. The van der Waals surface area contributed by atoms with Crippen LogP contribution >= 0.6 is 11.8 Å². The summed E-state index contributed by atoms with van der Waals surface area (Å²) in [5.74, 6) is 7.37. The van der Waals surface area contributed by atoms with Crippen molar-refractivity contribution < 1.29 is 13.2 Å². The molecule has 0 fully saturated rings. The molecular formula is C18H24F3N3S. The molecule has 25 heavy (non-hydrogen) atoms. The zero-order valence-corrected chi connectivity index (χ0v) is 15.4. The van der Waals surface area contributed by atoms with Crippen molar-refractivity contribution in [2.75, 3.05) is 31.6 Å². The number of benzene rings is 1. The first kappa shape index (κ1) is 21.2. The summed E-state index contributed by atoms with van der Waals surface area (Å²) >= 11 is 1.82. The van der Waals surface area contributed by atoms with Gasteiger partial charge in [0.05, 0.1) is 12.1 Å². The summed E-state index contributed by atoms with van der Waals surface area (Å²) in [6.07, 6.45) is -0.123. The Morgan fingerprint density at radius 2 is 2.04 bits per heavy atom. The fraction of sp³-hybridized carbons (Fsp3) is 0.500. The number of thioether (sulfide) groups is 1. The first-order valence-corrected chi connectivity index (χ1v) is 9.54. The van der Waals surface area contributed by atoms with Crippen molar-refractivity contribution in [3.8, 4) is 11.8 Å². The highest BCUT2D eigenvalue weighted by Crippen LogP contribution is 2.29. The summed E-state index contributed by atoms with van der Waals surface area (Å²) in [6.45, 7) is 3.75. The van der Waals surface area contributed by atoms with Gasteiger partial charge in [-0.05, 0) is 50.0 Å². The van der Waals surface area contributed by atoms with E-state index in [2.05, 4.69) is 33.7 Å². The molecule has 7 heteroatoms. The molecule has 0 radical (unpaired) electrons. The van der Waals surface area contributed by atoms with Gasteiger partial charge in [0, 0.05) is 18.7 Å². The molecule has 0 heterocycles. The second kappa shape index (κ2) is 11.7. The second-order valence-electron chi connectivity index (χ2n) is 5.19. The number of rotatable bonds is 7. The molecule has 0 saturated heterocycles. The van der Waals surface area contributed by atoms with E-state index in [9.17, 15) is 13.2 Å². The van der Waals surface area contributed by atoms with Gasteiger partial charge in [-0.25, -0.2) is 0 Å². The molecule has 0 bridgehead atoms. The molecule has 0 atom stereocenters. The van der Waals surface area contributed by atoms with Gasteiger partial charge in [0.2, 0.25) is 0 Å². The molecule has 0 saturated carbocycles. The second-order valence-corrected chi connectivity index (χ2v) is 6.18. The van der Waals surface area contributed by atoms with Crippen LogP contribution in [0.5, 0.6) is 0 Å². The van der Waals surface area contributed by atoms with Crippen LogP contribution in [0.15, 0.2) is 29.3 Å². The molecule has 0 aromatic heterocycles. The number of unbranched alkanes of at least 4 members (excludes halogenated alkanes) is 1. The van der Waals surface area contributed by atoms with Crippen molar-refractivity contribution in [2.45, 2.75) is 25.9 Å². The van der Waals surface area contributed by atoms with Crippen LogP contribution in [0.25, 0.3) is 0 Å². The van der Waals surface area contributed by atoms with E-state index < -0.39 is 11.7 Å². The molecule has 1 aromatic rings. The predicted molar refractivity (Wildman–Crippen MR) is 99.9 cm³/mol. The third-order valence-electron chi connectivity index (χ3n) is 3.14. The first-order valence-electron chi connectivity index (χ1n) is 8.14. The van der Waals surface area contributed by atoms with Gasteiger partial charge < -0.3 is 10.6 Å². The summed E-state index contributed by atoms with van der Waals surface area (Å²) in [4.78, 5) is 4.44. The number of guanidine groups is 1. The standard InChI is InChI=1S/C18H24F3N3S/c1-3-22-17(23-11-4-5-13-25-2)24-12-7-9-15-8-6-10-16(14-15)18(19,20)21/h6,8,10,14H,3-5,11-13H2,1-2H3,(H2,22,23,24). The highest BCUT2D eigenvalue weighted by Gasteiger charge is 2.30. The zero-order valence-electron chi connectivity index (χ0n) is 14.5. The molecule has 0 unspecified atom stereocenters. The Hall–Kier alpha value is -1.81. The number of hydrogen-bond donors (Lipinski definition) is 2. The van der Waals surface area contributed by atoms with E-state index in [1.165, 1.54) is 6.07 Å². The highest BCUT2D eigenvalue weighted by molar-refractivity contribution is 7.98. The number of nitrogens with one attached hydrogen (secondary N) is 2. The summed E-state index contributed by atoms with van der Waals surface area (Å²) in [6, 6.07) is 5.02. The van der Waals surface area contributed by atoms with E-state index >= 15 is 0 Å². The number of halogens is 3. The van der Waals surface area contributed by atoms with Crippen LogP contribution in [0.2, 0.25) is 0 Å². The van der Waals surface area contributed by atoms with E-state index in [0.717, 1.165) is 43.8 Å². The Morgan fingerprint density at radius 3 is 2.72 bits per heavy atom. The molecule has 0 aliphatic rings. The molecule has 0 spiro atoms. The van der Waals surface area contributed by atoms with Crippen LogP contribution < -0.4 is 10.6 Å². The third-order valence-corrected chi connectivity index (χ3v) is 3.83. The smallest absolute Gasteiger partial charge is 0.357 e. The van der Waals surface area contributed by atoms with Gasteiger partial charge in [-0.1, -0.05) is 17.9 Å².